The lowest BCUT2D eigenvalue weighted by Crippen LogP contribution is -2.36. The standard InChI is InChI=1S/C22H32N4O3S2/c1-4-15(7-9-31(27)28)10-20(26-21-14(3)24-13-25-22(21)23)30-19-12-18-17(6-8-29-18)11-16(19)5-2/h11-12,15,21H,4-10,13H2,1-3H3,(H2,23,25)(H,27,28)/p-1. The van der Waals surface area contributed by atoms with Gasteiger partial charge in [0.1, 0.15) is 24.3 Å². The van der Waals surface area contributed by atoms with E-state index in [1.807, 2.05) is 6.92 Å². The summed E-state index contributed by atoms with van der Waals surface area (Å²) in [7, 11) is 0. The van der Waals surface area contributed by atoms with Crippen LogP contribution in [0.4, 0.5) is 0 Å². The summed E-state index contributed by atoms with van der Waals surface area (Å²) in [5.41, 5.74) is 9.54. The predicted octanol–water partition coefficient (Wildman–Crippen LogP) is 3.52. The van der Waals surface area contributed by atoms with E-state index in [4.69, 9.17) is 15.5 Å². The fourth-order valence-corrected chi connectivity index (χ4v) is 5.51. The fourth-order valence-electron chi connectivity index (χ4n) is 3.76. The predicted molar refractivity (Wildman–Crippen MR) is 128 cm³/mol. The molecule has 0 saturated heterocycles. The average molecular weight is 464 g/mol. The first-order valence-corrected chi connectivity index (χ1v) is 12.9. The third kappa shape index (κ3) is 6.40. The molecule has 1 aromatic rings. The molecule has 170 valence electrons. The number of rotatable bonds is 9. The molecule has 3 atom stereocenters. The number of benzene rings is 1. The van der Waals surface area contributed by atoms with Crippen molar-refractivity contribution in [2.24, 2.45) is 26.6 Å². The Morgan fingerprint density at radius 3 is 2.90 bits per heavy atom. The van der Waals surface area contributed by atoms with E-state index in [-0.39, 0.29) is 17.7 Å². The minimum atomic E-state index is -2.03. The van der Waals surface area contributed by atoms with E-state index >= 15 is 0 Å². The number of thioether (sulfide) groups is 1. The van der Waals surface area contributed by atoms with Gasteiger partial charge in [0, 0.05) is 22.8 Å². The first-order chi connectivity index (χ1) is 14.9. The molecule has 0 aromatic heterocycles. The number of nitrogens with two attached hydrogens (primary N) is 1. The maximum atomic E-state index is 11.1. The molecule has 3 unspecified atom stereocenters. The zero-order valence-corrected chi connectivity index (χ0v) is 20.1. The van der Waals surface area contributed by atoms with Crippen molar-refractivity contribution < 1.29 is 13.5 Å². The lowest BCUT2D eigenvalue weighted by atomic mass is 10.00. The molecule has 0 bridgehead atoms. The molecule has 1 aromatic carbocycles. The van der Waals surface area contributed by atoms with Gasteiger partial charge in [0.15, 0.2) is 0 Å². The third-order valence-electron chi connectivity index (χ3n) is 5.74. The summed E-state index contributed by atoms with van der Waals surface area (Å²) in [6.07, 6.45) is 4.05. The second-order valence-corrected chi connectivity index (χ2v) is 9.98. The fraction of sp³-hybridized carbons (Fsp3) is 0.591. The molecule has 2 aliphatic rings. The zero-order chi connectivity index (χ0) is 22.4. The van der Waals surface area contributed by atoms with Crippen molar-refractivity contribution >= 4 is 39.4 Å². The van der Waals surface area contributed by atoms with E-state index in [1.54, 1.807) is 11.8 Å². The van der Waals surface area contributed by atoms with Crippen LogP contribution in [0, 0.1) is 5.92 Å². The van der Waals surface area contributed by atoms with Crippen LogP contribution >= 0.6 is 11.8 Å². The van der Waals surface area contributed by atoms with Crippen LogP contribution in [0.3, 0.4) is 0 Å². The number of amidine groups is 1. The van der Waals surface area contributed by atoms with Gasteiger partial charge in [0.2, 0.25) is 0 Å². The lowest BCUT2D eigenvalue weighted by Gasteiger charge is -2.21. The summed E-state index contributed by atoms with van der Waals surface area (Å²) in [5, 5.41) is 0.927. The van der Waals surface area contributed by atoms with Crippen LogP contribution in [0.1, 0.15) is 51.2 Å². The quantitative estimate of drug-likeness (QED) is 0.261. The topological polar surface area (TPSA) is 112 Å². The molecule has 2 aliphatic heterocycles. The van der Waals surface area contributed by atoms with Gasteiger partial charge >= 0.3 is 0 Å². The summed E-state index contributed by atoms with van der Waals surface area (Å²) in [6.45, 7) is 7.24. The van der Waals surface area contributed by atoms with E-state index in [9.17, 15) is 8.76 Å². The van der Waals surface area contributed by atoms with Gasteiger partial charge in [-0.05, 0) is 49.3 Å². The maximum absolute atomic E-state index is 11.1. The van der Waals surface area contributed by atoms with Crippen LogP contribution in [0.2, 0.25) is 0 Å². The van der Waals surface area contributed by atoms with Gasteiger partial charge in [-0.15, -0.1) is 0 Å². The van der Waals surface area contributed by atoms with Crippen LogP contribution in [-0.2, 0) is 23.9 Å². The highest BCUT2D eigenvalue weighted by Crippen LogP contribution is 2.36. The Labute approximate surface area is 191 Å². The number of fused-ring (bicyclic) bond motifs is 1. The highest BCUT2D eigenvalue weighted by molar-refractivity contribution is 8.14. The SMILES string of the molecule is CCc1cc2c(cc1SC(CC(CC)CCS(=O)[O-])=NC1C(C)=NCN=C1N)OCC2. The number of hydrogen-bond acceptors (Lipinski definition) is 8. The van der Waals surface area contributed by atoms with Gasteiger partial charge in [0.05, 0.1) is 11.7 Å². The molecule has 0 saturated carbocycles. The Kier molecular flexibility index (Phi) is 8.68. The molecule has 9 heteroatoms. The van der Waals surface area contributed by atoms with E-state index < -0.39 is 11.1 Å². The summed E-state index contributed by atoms with van der Waals surface area (Å²) in [5.74, 6) is 1.81. The van der Waals surface area contributed by atoms with Crippen molar-refractivity contribution in [1.29, 1.82) is 0 Å². The first-order valence-electron chi connectivity index (χ1n) is 10.8. The van der Waals surface area contributed by atoms with Crippen LogP contribution < -0.4 is 10.5 Å². The van der Waals surface area contributed by atoms with E-state index in [2.05, 4.69) is 36.0 Å². The maximum Gasteiger partial charge on any atom is 0.145 e. The second-order valence-electron chi connectivity index (χ2n) is 7.85. The number of aryl methyl sites for hydroxylation is 1. The lowest BCUT2D eigenvalue weighted by molar-refractivity contribution is 0.356. The Balaban J connectivity index is 1.91. The van der Waals surface area contributed by atoms with Crippen LogP contribution in [-0.4, -0.2) is 50.4 Å². The molecule has 2 N–H and O–H groups in total. The molecule has 2 heterocycles. The third-order valence-corrected chi connectivity index (χ3v) is 7.41. The monoisotopic (exact) mass is 463 g/mol. The van der Waals surface area contributed by atoms with Crippen LogP contribution in [0.25, 0.3) is 0 Å². The zero-order valence-electron chi connectivity index (χ0n) is 18.4. The summed E-state index contributed by atoms with van der Waals surface area (Å²) in [4.78, 5) is 14.7. The van der Waals surface area contributed by atoms with E-state index in [0.717, 1.165) is 47.3 Å². The number of nitrogens with zero attached hydrogens (tertiary/aromatic N) is 3. The summed E-state index contributed by atoms with van der Waals surface area (Å²) < 4.78 is 28.0. The molecule has 31 heavy (non-hydrogen) atoms. The smallest absolute Gasteiger partial charge is 0.145 e. The highest BCUT2D eigenvalue weighted by Gasteiger charge is 2.23. The molecule has 0 radical (unpaired) electrons. The number of ether oxygens (including phenoxy) is 1. The van der Waals surface area contributed by atoms with Crippen LogP contribution in [0.5, 0.6) is 5.75 Å². The number of hydrogen-bond donors (Lipinski definition) is 1. The molecule has 0 aliphatic carbocycles. The van der Waals surface area contributed by atoms with Gasteiger partial charge in [-0.25, -0.2) is 4.99 Å². The second kappa shape index (κ2) is 11.2. The van der Waals surface area contributed by atoms with Crippen molar-refractivity contribution in [1.82, 2.24) is 0 Å². The molecular weight excluding hydrogens is 432 g/mol. The van der Waals surface area contributed by atoms with Gasteiger partial charge in [-0.2, -0.15) is 0 Å². The Hall–Kier alpha value is -1.71. The minimum Gasteiger partial charge on any atom is -0.772 e. The van der Waals surface area contributed by atoms with Crippen molar-refractivity contribution in [2.75, 3.05) is 19.0 Å². The molecule has 7 nitrogen and oxygen atoms in total. The normalized spacial score (nSPS) is 20.5. The average Bonchev–Trinajstić information content (AvgIpc) is 3.20. The Bertz CT molecular complexity index is 896. The van der Waals surface area contributed by atoms with Crippen molar-refractivity contribution in [3.63, 3.8) is 0 Å². The first kappa shape index (κ1) is 23.9. The minimum absolute atomic E-state index is 0.164. The molecule has 0 spiro atoms. The Morgan fingerprint density at radius 1 is 1.42 bits per heavy atom. The van der Waals surface area contributed by atoms with Gasteiger partial charge < -0.3 is 15.0 Å². The van der Waals surface area contributed by atoms with Gasteiger partial charge in [-0.1, -0.05) is 49.2 Å². The van der Waals surface area contributed by atoms with Gasteiger partial charge in [-0.3, -0.25) is 14.2 Å². The van der Waals surface area contributed by atoms with E-state index in [1.165, 1.54) is 11.1 Å². The molecular formula is C22H31N4O3S2-. The highest BCUT2D eigenvalue weighted by atomic mass is 32.2. The Morgan fingerprint density at radius 2 is 2.23 bits per heavy atom. The van der Waals surface area contributed by atoms with Crippen molar-refractivity contribution in [2.45, 2.75) is 63.8 Å². The van der Waals surface area contributed by atoms with Crippen LogP contribution in [0.15, 0.2) is 32.0 Å². The molecule has 0 amide bonds. The van der Waals surface area contributed by atoms with E-state index in [0.29, 0.717) is 25.3 Å². The largest absolute Gasteiger partial charge is 0.772 e. The number of aliphatic imine (C=N–C) groups is 3. The van der Waals surface area contributed by atoms with Crippen molar-refractivity contribution in [3.8, 4) is 5.75 Å². The van der Waals surface area contributed by atoms with Gasteiger partial charge in [0.25, 0.3) is 0 Å². The summed E-state index contributed by atoms with van der Waals surface area (Å²) >= 11 is -0.403. The van der Waals surface area contributed by atoms with Crippen molar-refractivity contribution in [3.05, 3.63) is 23.3 Å². The summed E-state index contributed by atoms with van der Waals surface area (Å²) in [6, 6.07) is 4.00. The molecule has 3 rings (SSSR count). The molecule has 0 fully saturated rings.